The minimum Gasteiger partial charge on any atom is -0.495 e. The highest BCUT2D eigenvalue weighted by Crippen LogP contribution is 2.38. The van der Waals surface area contributed by atoms with Crippen LogP contribution in [0.2, 0.25) is 0 Å². The van der Waals surface area contributed by atoms with Crippen molar-refractivity contribution in [3.05, 3.63) is 41.5 Å². The van der Waals surface area contributed by atoms with Gasteiger partial charge < -0.3 is 33.9 Å². The number of nitrogens with zero attached hydrogens (tertiary/aromatic N) is 1. The van der Waals surface area contributed by atoms with Gasteiger partial charge in [-0.25, -0.2) is 0 Å². The molecule has 7 nitrogen and oxygen atoms in total. The highest BCUT2D eigenvalue weighted by molar-refractivity contribution is 7.80. The SMILES string of the molecule is COc1cc(C)ccc1NC(=S)N(Cc1cc(OC)c(OC)c(OC)c1)CC1CCCO1. The fraction of sp³-hybridized carbons (Fsp3) is 0.458. The van der Waals surface area contributed by atoms with Crippen LogP contribution < -0.4 is 24.3 Å². The summed E-state index contributed by atoms with van der Waals surface area (Å²) in [6.07, 6.45) is 2.22. The van der Waals surface area contributed by atoms with E-state index < -0.39 is 0 Å². The third-order valence-electron chi connectivity index (χ3n) is 5.43. The highest BCUT2D eigenvalue weighted by atomic mass is 32.1. The number of benzene rings is 2. The number of methoxy groups -OCH3 is 4. The minimum absolute atomic E-state index is 0.136. The van der Waals surface area contributed by atoms with Crippen LogP contribution in [0.15, 0.2) is 30.3 Å². The second-order valence-electron chi connectivity index (χ2n) is 7.68. The third-order valence-corrected chi connectivity index (χ3v) is 5.79. The number of anilines is 1. The molecule has 0 saturated carbocycles. The molecule has 1 fully saturated rings. The van der Waals surface area contributed by atoms with Gasteiger partial charge in [-0.2, -0.15) is 0 Å². The van der Waals surface area contributed by atoms with Gasteiger partial charge in [0.2, 0.25) is 5.75 Å². The first-order chi connectivity index (χ1) is 15.5. The summed E-state index contributed by atoms with van der Waals surface area (Å²) in [5, 5.41) is 3.95. The Hall–Kier alpha value is -2.71. The first-order valence-electron chi connectivity index (χ1n) is 10.6. The molecule has 8 heteroatoms. The van der Waals surface area contributed by atoms with E-state index in [4.69, 9.17) is 35.9 Å². The molecule has 0 aliphatic carbocycles. The second kappa shape index (κ2) is 11.2. The topological polar surface area (TPSA) is 61.4 Å². The van der Waals surface area contributed by atoms with Crippen molar-refractivity contribution < 1.29 is 23.7 Å². The van der Waals surface area contributed by atoms with Crippen molar-refractivity contribution in [2.24, 2.45) is 0 Å². The largest absolute Gasteiger partial charge is 0.495 e. The number of rotatable bonds is 9. The highest BCUT2D eigenvalue weighted by Gasteiger charge is 2.23. The Morgan fingerprint density at radius 3 is 2.28 bits per heavy atom. The molecule has 1 unspecified atom stereocenters. The van der Waals surface area contributed by atoms with E-state index in [0.717, 1.165) is 42.0 Å². The predicted octanol–water partition coefficient (Wildman–Crippen LogP) is 4.41. The zero-order chi connectivity index (χ0) is 23.1. The second-order valence-corrected chi connectivity index (χ2v) is 8.07. The zero-order valence-corrected chi connectivity index (χ0v) is 20.2. The summed E-state index contributed by atoms with van der Waals surface area (Å²) in [7, 11) is 6.48. The van der Waals surface area contributed by atoms with E-state index in [0.29, 0.717) is 35.5 Å². The summed E-state index contributed by atoms with van der Waals surface area (Å²) in [6.45, 7) is 4.04. The van der Waals surface area contributed by atoms with Gasteiger partial charge >= 0.3 is 0 Å². The van der Waals surface area contributed by atoms with Gasteiger partial charge in [-0.3, -0.25) is 0 Å². The summed E-state index contributed by atoms with van der Waals surface area (Å²) >= 11 is 5.82. The van der Waals surface area contributed by atoms with Crippen LogP contribution >= 0.6 is 12.2 Å². The van der Waals surface area contributed by atoms with Gasteiger partial charge in [0.15, 0.2) is 16.6 Å². The van der Waals surface area contributed by atoms with E-state index >= 15 is 0 Å². The standard InChI is InChI=1S/C24H32N2O5S/c1-16-8-9-19(20(11-16)27-2)25-24(32)26(15-18-7-6-10-31-18)14-17-12-21(28-3)23(30-5)22(13-17)29-4/h8-9,11-13,18H,6-7,10,14-15H2,1-5H3,(H,25,32). The first-order valence-corrected chi connectivity index (χ1v) is 11.0. The zero-order valence-electron chi connectivity index (χ0n) is 19.4. The monoisotopic (exact) mass is 460 g/mol. The van der Waals surface area contributed by atoms with Crippen molar-refractivity contribution >= 4 is 23.0 Å². The Labute approximate surface area is 195 Å². The van der Waals surface area contributed by atoms with Crippen LogP contribution in [0.5, 0.6) is 23.0 Å². The van der Waals surface area contributed by atoms with Crippen LogP contribution in [-0.4, -0.2) is 57.7 Å². The number of hydrogen-bond acceptors (Lipinski definition) is 6. The molecule has 1 N–H and O–H groups in total. The summed E-state index contributed by atoms with van der Waals surface area (Å²) in [4.78, 5) is 2.10. The lowest BCUT2D eigenvalue weighted by molar-refractivity contribution is 0.0905. The predicted molar refractivity (Wildman–Crippen MR) is 129 cm³/mol. The van der Waals surface area contributed by atoms with Crippen LogP contribution in [0, 0.1) is 6.92 Å². The summed E-state index contributed by atoms with van der Waals surface area (Å²) in [5.41, 5.74) is 2.93. The van der Waals surface area contributed by atoms with Crippen LogP contribution in [0.1, 0.15) is 24.0 Å². The molecule has 174 valence electrons. The molecular weight excluding hydrogens is 428 g/mol. The Morgan fingerprint density at radius 2 is 1.72 bits per heavy atom. The number of hydrogen-bond donors (Lipinski definition) is 1. The van der Waals surface area contributed by atoms with E-state index in [1.165, 1.54) is 0 Å². The molecule has 2 aromatic carbocycles. The van der Waals surface area contributed by atoms with E-state index in [1.54, 1.807) is 28.4 Å². The average Bonchev–Trinajstić information content (AvgIpc) is 3.32. The number of ether oxygens (including phenoxy) is 5. The minimum atomic E-state index is 0.136. The van der Waals surface area contributed by atoms with Gasteiger partial charge in [0.05, 0.1) is 40.2 Å². The molecule has 0 amide bonds. The van der Waals surface area contributed by atoms with Gasteiger partial charge in [0.1, 0.15) is 5.75 Å². The van der Waals surface area contributed by atoms with Crippen molar-refractivity contribution in [2.45, 2.75) is 32.4 Å². The number of aryl methyl sites for hydroxylation is 1. The van der Waals surface area contributed by atoms with E-state index in [1.807, 2.05) is 37.3 Å². The van der Waals surface area contributed by atoms with Crippen molar-refractivity contribution in [3.8, 4) is 23.0 Å². The average molecular weight is 461 g/mol. The molecule has 0 bridgehead atoms. The Kier molecular flexibility index (Phi) is 8.41. The maximum absolute atomic E-state index is 5.89. The van der Waals surface area contributed by atoms with Crippen molar-refractivity contribution in [1.29, 1.82) is 0 Å². The fourth-order valence-corrected chi connectivity index (χ4v) is 4.05. The summed E-state index contributed by atoms with van der Waals surface area (Å²) in [6, 6.07) is 9.87. The molecule has 0 aromatic heterocycles. The number of nitrogens with one attached hydrogen (secondary N) is 1. The molecule has 32 heavy (non-hydrogen) atoms. The Balaban J connectivity index is 1.87. The molecular formula is C24H32N2O5S. The third kappa shape index (κ3) is 5.75. The van der Waals surface area contributed by atoms with Crippen LogP contribution in [0.25, 0.3) is 0 Å². The van der Waals surface area contributed by atoms with Gasteiger partial charge in [0, 0.05) is 19.7 Å². The maximum atomic E-state index is 5.89. The van der Waals surface area contributed by atoms with E-state index in [9.17, 15) is 0 Å². The first kappa shape index (κ1) is 23.9. The molecule has 1 heterocycles. The van der Waals surface area contributed by atoms with Gasteiger partial charge in [-0.15, -0.1) is 0 Å². The fourth-order valence-electron chi connectivity index (χ4n) is 3.80. The lowest BCUT2D eigenvalue weighted by atomic mass is 10.1. The summed E-state index contributed by atoms with van der Waals surface area (Å²) < 4.78 is 27.9. The molecule has 1 saturated heterocycles. The lowest BCUT2D eigenvalue weighted by Crippen LogP contribution is -2.39. The Morgan fingerprint density at radius 1 is 1.03 bits per heavy atom. The van der Waals surface area contributed by atoms with Gasteiger partial charge in [0.25, 0.3) is 0 Å². The van der Waals surface area contributed by atoms with E-state index in [2.05, 4.69) is 10.2 Å². The van der Waals surface area contributed by atoms with Crippen molar-refractivity contribution in [1.82, 2.24) is 4.90 Å². The lowest BCUT2D eigenvalue weighted by Gasteiger charge is -2.29. The van der Waals surface area contributed by atoms with Crippen LogP contribution in [0.3, 0.4) is 0 Å². The quantitative estimate of drug-likeness (QED) is 0.553. The van der Waals surface area contributed by atoms with E-state index in [-0.39, 0.29) is 6.10 Å². The molecule has 0 radical (unpaired) electrons. The number of thiocarbonyl (C=S) groups is 1. The molecule has 1 aliphatic rings. The molecule has 1 aliphatic heterocycles. The van der Waals surface area contributed by atoms with Gasteiger partial charge in [-0.1, -0.05) is 6.07 Å². The molecule has 0 spiro atoms. The molecule has 3 rings (SSSR count). The van der Waals surface area contributed by atoms with Crippen molar-refractivity contribution in [3.63, 3.8) is 0 Å². The summed E-state index contributed by atoms with van der Waals surface area (Å²) in [5.74, 6) is 2.53. The maximum Gasteiger partial charge on any atom is 0.203 e. The van der Waals surface area contributed by atoms with Crippen molar-refractivity contribution in [2.75, 3.05) is 46.9 Å². The Bertz CT molecular complexity index is 906. The van der Waals surface area contributed by atoms with Crippen LogP contribution in [-0.2, 0) is 11.3 Å². The normalized spacial score (nSPS) is 15.2. The molecule has 1 atom stereocenters. The van der Waals surface area contributed by atoms with Gasteiger partial charge in [-0.05, 0) is 67.4 Å². The molecule has 2 aromatic rings. The van der Waals surface area contributed by atoms with Crippen LogP contribution in [0.4, 0.5) is 5.69 Å². The smallest absolute Gasteiger partial charge is 0.203 e.